The van der Waals surface area contributed by atoms with E-state index in [9.17, 15) is 0 Å². The molecule has 1 heterocycles. The largest absolute Gasteiger partial charge is 0.474 e. The SMILES string of the molecule is CC1CC(Oc2cc(Br)nc(C(C)(C)C)n2)CC(C)(C)C1. The van der Waals surface area contributed by atoms with Gasteiger partial charge in [-0.3, -0.25) is 0 Å². The van der Waals surface area contributed by atoms with Crippen LogP contribution in [-0.2, 0) is 5.41 Å². The molecule has 0 aromatic carbocycles. The molecule has 1 aromatic heterocycles. The average molecular weight is 355 g/mol. The zero-order chi connectivity index (χ0) is 15.8. The van der Waals surface area contributed by atoms with Crippen molar-refractivity contribution in [2.24, 2.45) is 11.3 Å². The van der Waals surface area contributed by atoms with Crippen LogP contribution in [0, 0.1) is 11.3 Å². The van der Waals surface area contributed by atoms with Gasteiger partial charge >= 0.3 is 0 Å². The molecule has 21 heavy (non-hydrogen) atoms. The summed E-state index contributed by atoms with van der Waals surface area (Å²) in [5.41, 5.74) is 0.264. The third kappa shape index (κ3) is 4.67. The average Bonchev–Trinajstić information content (AvgIpc) is 2.23. The first-order valence-electron chi connectivity index (χ1n) is 7.77. The molecule has 2 unspecified atom stereocenters. The molecule has 1 aliphatic carbocycles. The van der Waals surface area contributed by atoms with E-state index in [2.05, 4.69) is 67.4 Å². The van der Waals surface area contributed by atoms with E-state index in [0.717, 1.165) is 23.3 Å². The third-order valence-electron chi connectivity index (χ3n) is 3.98. The van der Waals surface area contributed by atoms with Crippen molar-refractivity contribution in [3.63, 3.8) is 0 Å². The van der Waals surface area contributed by atoms with E-state index in [1.807, 2.05) is 6.07 Å². The van der Waals surface area contributed by atoms with Gasteiger partial charge in [0.1, 0.15) is 16.5 Å². The number of rotatable bonds is 2. The molecule has 1 aromatic rings. The Hall–Kier alpha value is -0.640. The van der Waals surface area contributed by atoms with E-state index < -0.39 is 0 Å². The summed E-state index contributed by atoms with van der Waals surface area (Å²) >= 11 is 3.47. The molecular weight excluding hydrogens is 328 g/mol. The van der Waals surface area contributed by atoms with Gasteiger partial charge in [-0.25, -0.2) is 4.98 Å². The molecule has 0 aliphatic heterocycles. The summed E-state index contributed by atoms with van der Waals surface area (Å²) in [4.78, 5) is 9.08. The van der Waals surface area contributed by atoms with E-state index in [-0.39, 0.29) is 11.5 Å². The third-order valence-corrected chi connectivity index (χ3v) is 4.38. The number of aromatic nitrogens is 2. The van der Waals surface area contributed by atoms with Crippen LogP contribution in [0.3, 0.4) is 0 Å². The molecule has 0 N–H and O–H groups in total. The van der Waals surface area contributed by atoms with Gasteiger partial charge in [0, 0.05) is 11.5 Å². The predicted octanol–water partition coefficient (Wildman–Crippen LogP) is 5.13. The molecule has 3 nitrogen and oxygen atoms in total. The Morgan fingerprint density at radius 3 is 2.48 bits per heavy atom. The fraction of sp³-hybridized carbons (Fsp3) is 0.765. The maximum Gasteiger partial charge on any atom is 0.218 e. The minimum atomic E-state index is -0.0823. The van der Waals surface area contributed by atoms with Gasteiger partial charge in [-0.15, -0.1) is 0 Å². The van der Waals surface area contributed by atoms with Crippen molar-refractivity contribution >= 4 is 15.9 Å². The summed E-state index contributed by atoms with van der Waals surface area (Å²) in [6.45, 7) is 13.3. The van der Waals surface area contributed by atoms with Crippen LogP contribution in [0.5, 0.6) is 5.88 Å². The molecule has 1 fully saturated rings. The molecule has 118 valence electrons. The van der Waals surface area contributed by atoms with Gasteiger partial charge in [-0.2, -0.15) is 4.98 Å². The molecule has 4 heteroatoms. The van der Waals surface area contributed by atoms with Crippen molar-refractivity contribution in [2.75, 3.05) is 0 Å². The van der Waals surface area contributed by atoms with Gasteiger partial charge in [-0.1, -0.05) is 41.5 Å². The highest BCUT2D eigenvalue weighted by Gasteiger charge is 2.33. The summed E-state index contributed by atoms with van der Waals surface area (Å²) in [6.07, 6.45) is 3.71. The van der Waals surface area contributed by atoms with Crippen LogP contribution in [0.2, 0.25) is 0 Å². The van der Waals surface area contributed by atoms with Gasteiger partial charge in [0.05, 0.1) is 0 Å². The Kier molecular flexibility index (Phi) is 4.67. The summed E-state index contributed by atoms with van der Waals surface area (Å²) in [7, 11) is 0. The van der Waals surface area contributed by atoms with Crippen molar-refractivity contribution in [1.29, 1.82) is 0 Å². The lowest BCUT2D eigenvalue weighted by atomic mass is 9.71. The molecule has 1 aliphatic rings. The first-order chi connectivity index (χ1) is 9.55. The summed E-state index contributed by atoms with van der Waals surface area (Å²) in [5.74, 6) is 2.21. The minimum absolute atomic E-state index is 0.0823. The Morgan fingerprint density at radius 2 is 1.90 bits per heavy atom. The van der Waals surface area contributed by atoms with Crippen molar-refractivity contribution in [3.8, 4) is 5.88 Å². The first kappa shape index (κ1) is 16.7. The quantitative estimate of drug-likeness (QED) is 0.690. The molecule has 0 spiro atoms. The summed E-state index contributed by atoms with van der Waals surface area (Å²) in [5, 5.41) is 0. The lowest BCUT2D eigenvalue weighted by Gasteiger charge is -2.38. The van der Waals surface area contributed by atoms with Crippen LogP contribution in [0.4, 0.5) is 0 Å². The smallest absolute Gasteiger partial charge is 0.218 e. The zero-order valence-corrected chi connectivity index (χ0v) is 15.6. The van der Waals surface area contributed by atoms with Crippen LogP contribution in [-0.4, -0.2) is 16.1 Å². The Bertz CT molecular complexity index is 508. The van der Waals surface area contributed by atoms with Crippen LogP contribution in [0.25, 0.3) is 0 Å². The molecule has 1 saturated carbocycles. The molecular formula is C17H27BrN2O. The second-order valence-corrected chi connectivity index (χ2v) is 9.07. The van der Waals surface area contributed by atoms with Gasteiger partial charge < -0.3 is 4.74 Å². The van der Waals surface area contributed by atoms with Gasteiger partial charge in [0.25, 0.3) is 0 Å². The van der Waals surface area contributed by atoms with Crippen molar-refractivity contribution in [2.45, 2.75) is 72.3 Å². The molecule has 0 amide bonds. The number of hydrogen-bond acceptors (Lipinski definition) is 3. The predicted molar refractivity (Wildman–Crippen MR) is 89.6 cm³/mol. The molecule has 0 radical (unpaired) electrons. The van der Waals surface area contributed by atoms with Crippen molar-refractivity contribution < 1.29 is 4.74 Å². The highest BCUT2D eigenvalue weighted by molar-refractivity contribution is 9.10. The Labute approximate surface area is 137 Å². The molecule has 0 bridgehead atoms. The van der Waals surface area contributed by atoms with Crippen LogP contribution in [0.15, 0.2) is 10.7 Å². The Balaban J connectivity index is 2.18. The minimum Gasteiger partial charge on any atom is -0.474 e. The van der Waals surface area contributed by atoms with E-state index in [4.69, 9.17) is 4.74 Å². The standard InChI is InChI=1S/C17H27BrN2O/c1-11-7-12(10-17(5,6)9-11)21-14-8-13(18)19-15(20-14)16(2,3)4/h8,11-12H,7,9-10H2,1-6H3. The van der Waals surface area contributed by atoms with Crippen molar-refractivity contribution in [1.82, 2.24) is 9.97 Å². The fourth-order valence-corrected chi connectivity index (χ4v) is 3.68. The van der Waals surface area contributed by atoms with Crippen LogP contribution in [0.1, 0.15) is 66.6 Å². The highest BCUT2D eigenvalue weighted by atomic mass is 79.9. The molecule has 2 rings (SSSR count). The first-order valence-corrected chi connectivity index (χ1v) is 8.56. The normalized spacial score (nSPS) is 25.7. The number of nitrogens with zero attached hydrogens (tertiary/aromatic N) is 2. The fourth-order valence-electron chi connectivity index (χ4n) is 3.31. The second kappa shape index (κ2) is 5.86. The topological polar surface area (TPSA) is 35.0 Å². The number of ether oxygens (including phenoxy) is 1. The summed E-state index contributed by atoms with van der Waals surface area (Å²) in [6, 6.07) is 1.88. The lowest BCUT2D eigenvalue weighted by molar-refractivity contribution is 0.0528. The van der Waals surface area contributed by atoms with E-state index >= 15 is 0 Å². The van der Waals surface area contributed by atoms with Gasteiger partial charge in [-0.05, 0) is 46.5 Å². The number of halogens is 1. The summed E-state index contributed by atoms with van der Waals surface area (Å²) < 4.78 is 6.99. The van der Waals surface area contributed by atoms with Crippen LogP contribution >= 0.6 is 15.9 Å². The molecule has 2 atom stereocenters. The van der Waals surface area contributed by atoms with Crippen LogP contribution < -0.4 is 4.74 Å². The monoisotopic (exact) mass is 354 g/mol. The van der Waals surface area contributed by atoms with Gasteiger partial charge in [0.2, 0.25) is 5.88 Å². The van der Waals surface area contributed by atoms with E-state index in [0.29, 0.717) is 17.2 Å². The van der Waals surface area contributed by atoms with Crippen molar-refractivity contribution in [3.05, 3.63) is 16.5 Å². The van der Waals surface area contributed by atoms with E-state index in [1.165, 1.54) is 6.42 Å². The zero-order valence-electron chi connectivity index (χ0n) is 14.0. The van der Waals surface area contributed by atoms with E-state index in [1.54, 1.807) is 0 Å². The second-order valence-electron chi connectivity index (χ2n) is 8.26. The van der Waals surface area contributed by atoms with Gasteiger partial charge in [0.15, 0.2) is 0 Å². The number of hydrogen-bond donors (Lipinski definition) is 0. The molecule has 0 saturated heterocycles. The maximum atomic E-state index is 6.20. The maximum absolute atomic E-state index is 6.20. The Morgan fingerprint density at radius 1 is 1.24 bits per heavy atom. The highest BCUT2D eigenvalue weighted by Crippen LogP contribution is 2.40. The lowest BCUT2D eigenvalue weighted by Crippen LogP contribution is -2.34.